The highest BCUT2D eigenvalue weighted by atomic mass is 16.3. The summed E-state index contributed by atoms with van der Waals surface area (Å²) in [5, 5.41) is 15.3. The summed E-state index contributed by atoms with van der Waals surface area (Å²) >= 11 is 0. The van der Waals surface area contributed by atoms with Gasteiger partial charge in [0, 0.05) is 13.1 Å². The predicted octanol–water partition coefficient (Wildman–Crippen LogP) is 2.07. The zero-order valence-corrected chi connectivity index (χ0v) is 13.7. The second kappa shape index (κ2) is 8.67. The first-order valence-electron chi connectivity index (χ1n) is 7.70. The van der Waals surface area contributed by atoms with E-state index in [1.165, 1.54) is 11.1 Å². The van der Waals surface area contributed by atoms with E-state index in [1.807, 2.05) is 6.92 Å². The van der Waals surface area contributed by atoms with E-state index in [0.717, 1.165) is 25.5 Å². The zero-order chi connectivity index (χ0) is 15.7. The molecular weight excluding hydrogens is 262 g/mol. The SMILES string of the molecule is CCNC(=NCCO)NCCc1ccc(C(C)(C)C)cc1. The number of hydrogen-bond acceptors (Lipinski definition) is 2. The van der Waals surface area contributed by atoms with Gasteiger partial charge >= 0.3 is 0 Å². The van der Waals surface area contributed by atoms with Crippen molar-refractivity contribution in [2.45, 2.75) is 39.5 Å². The van der Waals surface area contributed by atoms with E-state index in [9.17, 15) is 0 Å². The van der Waals surface area contributed by atoms with Crippen LogP contribution in [0, 0.1) is 0 Å². The van der Waals surface area contributed by atoms with Gasteiger partial charge in [0.25, 0.3) is 0 Å². The van der Waals surface area contributed by atoms with Gasteiger partial charge in [-0.1, -0.05) is 45.0 Å². The first kappa shape index (κ1) is 17.5. The highest BCUT2D eigenvalue weighted by Gasteiger charge is 2.12. The van der Waals surface area contributed by atoms with Gasteiger partial charge in [0.15, 0.2) is 5.96 Å². The summed E-state index contributed by atoms with van der Waals surface area (Å²) in [5.41, 5.74) is 2.87. The topological polar surface area (TPSA) is 56.7 Å². The number of guanidine groups is 1. The van der Waals surface area contributed by atoms with Gasteiger partial charge in [-0.25, -0.2) is 0 Å². The molecule has 1 aromatic carbocycles. The van der Waals surface area contributed by atoms with Gasteiger partial charge in [-0.3, -0.25) is 4.99 Å². The summed E-state index contributed by atoms with van der Waals surface area (Å²) in [5.74, 6) is 0.762. The van der Waals surface area contributed by atoms with Gasteiger partial charge in [-0.2, -0.15) is 0 Å². The number of hydrogen-bond donors (Lipinski definition) is 3. The van der Waals surface area contributed by atoms with Crippen LogP contribution < -0.4 is 10.6 Å². The van der Waals surface area contributed by atoms with Crippen molar-refractivity contribution in [1.29, 1.82) is 0 Å². The lowest BCUT2D eigenvalue weighted by Crippen LogP contribution is -2.38. The summed E-state index contributed by atoms with van der Waals surface area (Å²) in [6, 6.07) is 8.81. The molecule has 0 spiro atoms. The van der Waals surface area contributed by atoms with Crippen LogP contribution in [0.2, 0.25) is 0 Å². The average Bonchev–Trinajstić information content (AvgIpc) is 2.44. The van der Waals surface area contributed by atoms with Crippen LogP contribution in [-0.2, 0) is 11.8 Å². The third-order valence-corrected chi connectivity index (χ3v) is 3.24. The molecule has 0 fully saturated rings. The van der Waals surface area contributed by atoms with Gasteiger partial charge in [0.1, 0.15) is 0 Å². The summed E-state index contributed by atoms with van der Waals surface area (Å²) in [7, 11) is 0. The van der Waals surface area contributed by atoms with Crippen molar-refractivity contribution in [2.24, 2.45) is 4.99 Å². The Morgan fingerprint density at radius 3 is 2.33 bits per heavy atom. The van der Waals surface area contributed by atoms with Crippen molar-refractivity contribution < 1.29 is 5.11 Å². The smallest absolute Gasteiger partial charge is 0.191 e. The maximum absolute atomic E-state index is 8.82. The van der Waals surface area contributed by atoms with Gasteiger partial charge < -0.3 is 15.7 Å². The first-order chi connectivity index (χ1) is 9.97. The fourth-order valence-corrected chi connectivity index (χ4v) is 2.00. The van der Waals surface area contributed by atoms with Crippen LogP contribution in [0.3, 0.4) is 0 Å². The molecule has 0 atom stereocenters. The lowest BCUT2D eigenvalue weighted by atomic mass is 9.86. The van der Waals surface area contributed by atoms with Crippen molar-refractivity contribution in [3.05, 3.63) is 35.4 Å². The fourth-order valence-electron chi connectivity index (χ4n) is 2.00. The number of nitrogens with zero attached hydrogens (tertiary/aromatic N) is 1. The number of rotatable bonds is 6. The molecule has 1 rings (SSSR count). The molecule has 0 bridgehead atoms. The van der Waals surface area contributed by atoms with Crippen molar-refractivity contribution in [3.63, 3.8) is 0 Å². The van der Waals surface area contributed by atoms with E-state index in [-0.39, 0.29) is 12.0 Å². The van der Waals surface area contributed by atoms with Gasteiger partial charge in [-0.05, 0) is 29.9 Å². The standard InChI is InChI=1S/C17H29N3O/c1-5-18-16(20-12-13-21)19-11-10-14-6-8-15(9-7-14)17(2,3)4/h6-9,21H,5,10-13H2,1-4H3,(H2,18,19,20). The summed E-state index contributed by atoms with van der Waals surface area (Å²) in [6.07, 6.45) is 0.952. The van der Waals surface area contributed by atoms with Crippen LogP contribution in [0.25, 0.3) is 0 Å². The van der Waals surface area contributed by atoms with E-state index in [1.54, 1.807) is 0 Å². The van der Waals surface area contributed by atoms with E-state index >= 15 is 0 Å². The molecule has 0 radical (unpaired) electrons. The number of aliphatic hydroxyl groups is 1. The maximum Gasteiger partial charge on any atom is 0.191 e. The molecule has 0 aliphatic heterocycles. The predicted molar refractivity (Wildman–Crippen MR) is 89.9 cm³/mol. The highest BCUT2D eigenvalue weighted by Crippen LogP contribution is 2.22. The monoisotopic (exact) mass is 291 g/mol. The number of nitrogens with one attached hydrogen (secondary N) is 2. The average molecular weight is 291 g/mol. The third-order valence-electron chi connectivity index (χ3n) is 3.24. The lowest BCUT2D eigenvalue weighted by Gasteiger charge is -2.19. The van der Waals surface area contributed by atoms with Crippen LogP contribution in [0.1, 0.15) is 38.8 Å². The molecule has 0 saturated heterocycles. The molecule has 0 amide bonds. The molecule has 0 heterocycles. The summed E-state index contributed by atoms with van der Waals surface area (Å²) in [4.78, 5) is 4.25. The molecule has 4 heteroatoms. The van der Waals surface area contributed by atoms with Crippen LogP contribution in [-0.4, -0.2) is 37.3 Å². The molecule has 0 aliphatic carbocycles. The molecule has 0 aliphatic rings. The second-order valence-corrected chi connectivity index (χ2v) is 6.11. The Labute approximate surface area is 128 Å². The first-order valence-corrected chi connectivity index (χ1v) is 7.70. The van der Waals surface area contributed by atoms with Crippen LogP contribution in [0.5, 0.6) is 0 Å². The summed E-state index contributed by atoms with van der Waals surface area (Å²) < 4.78 is 0. The van der Waals surface area contributed by atoms with E-state index in [2.05, 4.69) is 60.7 Å². The maximum atomic E-state index is 8.82. The van der Waals surface area contributed by atoms with Crippen molar-refractivity contribution in [2.75, 3.05) is 26.2 Å². The summed E-state index contributed by atoms with van der Waals surface area (Å²) in [6.45, 7) is 10.9. The Morgan fingerprint density at radius 1 is 1.14 bits per heavy atom. The van der Waals surface area contributed by atoms with Crippen LogP contribution >= 0.6 is 0 Å². The second-order valence-electron chi connectivity index (χ2n) is 6.11. The number of aliphatic imine (C=N–C) groups is 1. The van der Waals surface area contributed by atoms with Crippen molar-refractivity contribution in [1.82, 2.24) is 10.6 Å². The minimum Gasteiger partial charge on any atom is -0.394 e. The van der Waals surface area contributed by atoms with Gasteiger partial charge in [0.2, 0.25) is 0 Å². The van der Waals surface area contributed by atoms with Crippen molar-refractivity contribution in [3.8, 4) is 0 Å². The van der Waals surface area contributed by atoms with E-state index < -0.39 is 0 Å². The Bertz CT molecular complexity index is 432. The van der Waals surface area contributed by atoms with E-state index in [0.29, 0.717) is 6.54 Å². The minimum absolute atomic E-state index is 0.0742. The molecule has 0 unspecified atom stereocenters. The number of benzene rings is 1. The fraction of sp³-hybridized carbons (Fsp3) is 0.588. The third kappa shape index (κ3) is 6.63. The molecule has 1 aromatic rings. The Hall–Kier alpha value is -1.55. The van der Waals surface area contributed by atoms with Gasteiger partial charge in [0.05, 0.1) is 13.2 Å². The normalized spacial score (nSPS) is 12.3. The molecule has 118 valence electrons. The lowest BCUT2D eigenvalue weighted by molar-refractivity contribution is 0.306. The largest absolute Gasteiger partial charge is 0.394 e. The van der Waals surface area contributed by atoms with E-state index in [4.69, 9.17) is 5.11 Å². The molecular formula is C17H29N3O. The molecule has 0 aromatic heterocycles. The quantitative estimate of drug-likeness (QED) is 0.555. The Balaban J connectivity index is 2.47. The van der Waals surface area contributed by atoms with Crippen LogP contribution in [0.15, 0.2) is 29.3 Å². The zero-order valence-electron chi connectivity index (χ0n) is 13.7. The number of aliphatic hydroxyl groups excluding tert-OH is 1. The molecule has 4 nitrogen and oxygen atoms in total. The Morgan fingerprint density at radius 2 is 1.81 bits per heavy atom. The Kier molecular flexibility index (Phi) is 7.23. The molecule has 0 saturated carbocycles. The molecule has 21 heavy (non-hydrogen) atoms. The highest BCUT2D eigenvalue weighted by molar-refractivity contribution is 5.79. The van der Waals surface area contributed by atoms with Gasteiger partial charge in [-0.15, -0.1) is 0 Å². The molecule has 3 N–H and O–H groups in total. The van der Waals surface area contributed by atoms with Crippen LogP contribution in [0.4, 0.5) is 0 Å². The minimum atomic E-state index is 0.0742. The van der Waals surface area contributed by atoms with Crippen molar-refractivity contribution >= 4 is 5.96 Å².